The van der Waals surface area contributed by atoms with Gasteiger partial charge in [-0.05, 0) is 38.1 Å². The Kier molecular flexibility index (Phi) is 5.28. The molecule has 1 aromatic heterocycles. The van der Waals surface area contributed by atoms with E-state index < -0.39 is 0 Å². The second-order valence-corrected chi connectivity index (χ2v) is 7.70. The number of amides is 2. The number of benzene rings is 2. The SMILES string of the molecule is CCn1c2ccccc2c2cc(NC(=O)C(C)N3CCN(C(C)=O)CC3)ccc21. The van der Waals surface area contributed by atoms with Crippen LogP contribution in [-0.4, -0.2) is 58.4 Å². The summed E-state index contributed by atoms with van der Waals surface area (Å²) in [5, 5.41) is 5.44. The average molecular weight is 393 g/mol. The Morgan fingerprint density at radius 1 is 1.00 bits per heavy atom. The molecule has 1 fully saturated rings. The van der Waals surface area contributed by atoms with Crippen LogP contribution in [0, 0.1) is 0 Å². The molecular weight excluding hydrogens is 364 g/mol. The number of carbonyl (C=O) groups is 2. The number of nitrogens with one attached hydrogen (secondary N) is 1. The van der Waals surface area contributed by atoms with Gasteiger partial charge in [-0.25, -0.2) is 0 Å². The van der Waals surface area contributed by atoms with Crippen molar-refractivity contribution in [1.29, 1.82) is 0 Å². The van der Waals surface area contributed by atoms with E-state index in [0.717, 1.165) is 30.7 Å². The van der Waals surface area contributed by atoms with Gasteiger partial charge in [0.15, 0.2) is 0 Å². The quantitative estimate of drug-likeness (QED) is 0.741. The minimum atomic E-state index is -0.239. The first-order valence-electron chi connectivity index (χ1n) is 10.3. The number of piperazine rings is 1. The molecule has 1 aliphatic rings. The van der Waals surface area contributed by atoms with Gasteiger partial charge in [-0.2, -0.15) is 0 Å². The van der Waals surface area contributed by atoms with Crippen molar-refractivity contribution in [2.45, 2.75) is 33.4 Å². The lowest BCUT2D eigenvalue weighted by Gasteiger charge is -2.37. The zero-order valence-electron chi connectivity index (χ0n) is 17.3. The van der Waals surface area contributed by atoms with E-state index in [0.29, 0.717) is 13.1 Å². The number of para-hydroxylation sites is 1. The summed E-state index contributed by atoms with van der Waals surface area (Å²) < 4.78 is 2.30. The smallest absolute Gasteiger partial charge is 0.241 e. The molecular formula is C23H28N4O2. The van der Waals surface area contributed by atoms with Crippen LogP contribution in [-0.2, 0) is 16.1 Å². The highest BCUT2D eigenvalue weighted by Gasteiger charge is 2.26. The first kappa shape index (κ1) is 19.5. The molecule has 1 aliphatic heterocycles. The number of rotatable bonds is 4. The number of fused-ring (bicyclic) bond motifs is 3. The largest absolute Gasteiger partial charge is 0.341 e. The van der Waals surface area contributed by atoms with Gasteiger partial charge in [0.1, 0.15) is 0 Å². The normalized spacial score (nSPS) is 16.3. The molecule has 2 aromatic carbocycles. The number of anilines is 1. The summed E-state index contributed by atoms with van der Waals surface area (Å²) in [4.78, 5) is 28.3. The lowest BCUT2D eigenvalue weighted by Crippen LogP contribution is -2.53. The molecule has 0 spiro atoms. The maximum Gasteiger partial charge on any atom is 0.241 e. The topological polar surface area (TPSA) is 57.6 Å². The summed E-state index contributed by atoms with van der Waals surface area (Å²) >= 11 is 0. The third-order valence-corrected chi connectivity index (χ3v) is 6.04. The van der Waals surface area contributed by atoms with Crippen LogP contribution in [0.5, 0.6) is 0 Å². The molecule has 152 valence electrons. The molecule has 1 N–H and O–H groups in total. The van der Waals surface area contributed by atoms with Gasteiger partial charge in [-0.15, -0.1) is 0 Å². The van der Waals surface area contributed by atoms with Crippen molar-refractivity contribution in [3.63, 3.8) is 0 Å². The summed E-state index contributed by atoms with van der Waals surface area (Å²) in [5.74, 6) is 0.0844. The molecule has 29 heavy (non-hydrogen) atoms. The van der Waals surface area contributed by atoms with Gasteiger partial charge in [0.2, 0.25) is 11.8 Å². The van der Waals surface area contributed by atoms with E-state index in [1.54, 1.807) is 6.92 Å². The van der Waals surface area contributed by atoms with E-state index in [9.17, 15) is 9.59 Å². The van der Waals surface area contributed by atoms with Gasteiger partial charge >= 0.3 is 0 Å². The zero-order chi connectivity index (χ0) is 20.5. The molecule has 2 amide bonds. The Morgan fingerprint density at radius 3 is 2.38 bits per heavy atom. The molecule has 0 aliphatic carbocycles. The number of aryl methyl sites for hydroxylation is 1. The molecule has 4 rings (SSSR count). The molecule has 2 heterocycles. The van der Waals surface area contributed by atoms with Crippen LogP contribution in [0.3, 0.4) is 0 Å². The van der Waals surface area contributed by atoms with E-state index >= 15 is 0 Å². The fraction of sp³-hybridized carbons (Fsp3) is 0.391. The highest BCUT2D eigenvalue weighted by atomic mass is 16.2. The molecule has 0 saturated carbocycles. The number of carbonyl (C=O) groups excluding carboxylic acids is 2. The van der Waals surface area contributed by atoms with Crippen LogP contribution in [0.4, 0.5) is 5.69 Å². The van der Waals surface area contributed by atoms with E-state index in [4.69, 9.17) is 0 Å². The van der Waals surface area contributed by atoms with E-state index in [2.05, 4.69) is 58.1 Å². The fourth-order valence-electron chi connectivity index (χ4n) is 4.31. The van der Waals surface area contributed by atoms with Crippen molar-refractivity contribution in [1.82, 2.24) is 14.4 Å². The summed E-state index contributed by atoms with van der Waals surface area (Å²) in [7, 11) is 0. The van der Waals surface area contributed by atoms with E-state index in [1.807, 2.05) is 17.9 Å². The van der Waals surface area contributed by atoms with E-state index in [1.165, 1.54) is 16.4 Å². The molecule has 3 aromatic rings. The Bertz CT molecular complexity index is 1060. The van der Waals surface area contributed by atoms with Gasteiger partial charge in [-0.3, -0.25) is 14.5 Å². The molecule has 1 unspecified atom stereocenters. The Morgan fingerprint density at radius 2 is 1.69 bits per heavy atom. The number of hydrogen-bond acceptors (Lipinski definition) is 3. The summed E-state index contributed by atoms with van der Waals surface area (Å²) in [6.07, 6.45) is 0. The Balaban J connectivity index is 1.53. The molecule has 0 bridgehead atoms. The number of aromatic nitrogens is 1. The van der Waals surface area contributed by atoms with Crippen LogP contribution in [0.1, 0.15) is 20.8 Å². The second kappa shape index (κ2) is 7.87. The van der Waals surface area contributed by atoms with Crippen molar-refractivity contribution >= 4 is 39.3 Å². The predicted octanol–water partition coefficient (Wildman–Crippen LogP) is 3.31. The summed E-state index contributed by atoms with van der Waals surface area (Å²) in [5.41, 5.74) is 3.21. The first-order valence-corrected chi connectivity index (χ1v) is 10.3. The Hall–Kier alpha value is -2.86. The molecule has 1 atom stereocenters. The highest BCUT2D eigenvalue weighted by Crippen LogP contribution is 2.31. The minimum absolute atomic E-state index is 0.0140. The van der Waals surface area contributed by atoms with Crippen molar-refractivity contribution in [3.05, 3.63) is 42.5 Å². The highest BCUT2D eigenvalue weighted by molar-refractivity contribution is 6.10. The van der Waals surface area contributed by atoms with E-state index in [-0.39, 0.29) is 17.9 Å². The third kappa shape index (κ3) is 3.60. The van der Waals surface area contributed by atoms with Gasteiger partial charge in [0.05, 0.1) is 6.04 Å². The van der Waals surface area contributed by atoms with Crippen LogP contribution in [0.25, 0.3) is 21.8 Å². The van der Waals surface area contributed by atoms with Gasteiger partial charge in [-0.1, -0.05) is 18.2 Å². The molecule has 6 heteroatoms. The average Bonchev–Trinajstić information content (AvgIpc) is 3.06. The standard InChI is InChI=1S/C23H28N4O2/c1-4-27-21-8-6-5-7-19(21)20-15-18(9-10-22(20)27)24-23(29)16(2)25-11-13-26(14-12-25)17(3)28/h5-10,15-16H,4,11-14H2,1-3H3,(H,24,29). The lowest BCUT2D eigenvalue weighted by molar-refractivity contribution is -0.131. The Labute approximate surface area is 171 Å². The summed E-state index contributed by atoms with van der Waals surface area (Å²) in [6.45, 7) is 9.37. The van der Waals surface area contributed by atoms with Crippen molar-refractivity contribution in [3.8, 4) is 0 Å². The summed E-state index contributed by atoms with van der Waals surface area (Å²) in [6, 6.07) is 14.3. The minimum Gasteiger partial charge on any atom is -0.341 e. The van der Waals surface area contributed by atoms with Gasteiger partial charge < -0.3 is 14.8 Å². The maximum absolute atomic E-state index is 12.8. The first-order chi connectivity index (χ1) is 14.0. The van der Waals surface area contributed by atoms with Crippen LogP contribution in [0.15, 0.2) is 42.5 Å². The van der Waals surface area contributed by atoms with Crippen molar-refractivity contribution in [2.24, 2.45) is 0 Å². The fourth-order valence-corrected chi connectivity index (χ4v) is 4.31. The monoisotopic (exact) mass is 392 g/mol. The molecule has 6 nitrogen and oxygen atoms in total. The lowest BCUT2D eigenvalue weighted by atomic mass is 10.1. The van der Waals surface area contributed by atoms with Crippen molar-refractivity contribution in [2.75, 3.05) is 31.5 Å². The number of nitrogens with zero attached hydrogens (tertiary/aromatic N) is 3. The maximum atomic E-state index is 12.8. The third-order valence-electron chi connectivity index (χ3n) is 6.04. The van der Waals surface area contributed by atoms with Gasteiger partial charge in [0, 0.05) is 67.1 Å². The number of hydrogen-bond donors (Lipinski definition) is 1. The van der Waals surface area contributed by atoms with Crippen LogP contribution >= 0.6 is 0 Å². The van der Waals surface area contributed by atoms with Crippen LogP contribution in [0.2, 0.25) is 0 Å². The van der Waals surface area contributed by atoms with Gasteiger partial charge in [0.25, 0.3) is 0 Å². The molecule has 1 saturated heterocycles. The predicted molar refractivity (Wildman–Crippen MR) is 117 cm³/mol. The zero-order valence-corrected chi connectivity index (χ0v) is 17.3. The molecule has 0 radical (unpaired) electrons. The van der Waals surface area contributed by atoms with Crippen molar-refractivity contribution < 1.29 is 9.59 Å². The second-order valence-electron chi connectivity index (χ2n) is 7.70. The van der Waals surface area contributed by atoms with Crippen LogP contribution < -0.4 is 5.32 Å².